The van der Waals surface area contributed by atoms with E-state index in [4.69, 9.17) is 10.5 Å². The van der Waals surface area contributed by atoms with Crippen molar-refractivity contribution in [3.05, 3.63) is 29.3 Å². The molecule has 1 aromatic rings. The number of hydrogen-bond acceptors (Lipinski definition) is 3. The lowest BCUT2D eigenvalue weighted by Crippen LogP contribution is -2.27. The standard InChI is InChI=1S/C12H18N2O/c1-14(2)11(8-13)9-3-4-12-10(7-9)5-6-15-12/h3-4,7,11H,5-6,8,13H2,1-2H3/t11-/m0/s1. The van der Waals surface area contributed by atoms with Crippen LogP contribution in [0.25, 0.3) is 0 Å². The van der Waals surface area contributed by atoms with Crippen LogP contribution in [-0.4, -0.2) is 32.1 Å². The van der Waals surface area contributed by atoms with Gasteiger partial charge in [-0.05, 0) is 31.3 Å². The third-order valence-corrected chi connectivity index (χ3v) is 2.94. The van der Waals surface area contributed by atoms with Gasteiger partial charge in [0.05, 0.1) is 6.61 Å². The van der Waals surface area contributed by atoms with Gasteiger partial charge in [0.25, 0.3) is 0 Å². The number of likely N-dealkylation sites (N-methyl/N-ethyl adjacent to an activating group) is 1. The van der Waals surface area contributed by atoms with E-state index in [1.54, 1.807) is 0 Å². The minimum Gasteiger partial charge on any atom is -0.493 e. The molecule has 15 heavy (non-hydrogen) atoms. The number of hydrogen-bond donors (Lipinski definition) is 1. The largest absolute Gasteiger partial charge is 0.493 e. The SMILES string of the molecule is CN(C)[C@@H](CN)c1ccc2c(c1)CCO2. The summed E-state index contributed by atoms with van der Waals surface area (Å²) in [6, 6.07) is 6.70. The Bertz CT molecular complexity index is 349. The zero-order valence-corrected chi connectivity index (χ0v) is 9.36. The zero-order chi connectivity index (χ0) is 10.8. The maximum absolute atomic E-state index is 5.78. The van der Waals surface area contributed by atoms with Gasteiger partial charge in [-0.2, -0.15) is 0 Å². The monoisotopic (exact) mass is 206 g/mol. The molecular weight excluding hydrogens is 188 g/mol. The van der Waals surface area contributed by atoms with Crippen molar-refractivity contribution in [2.45, 2.75) is 12.5 Å². The van der Waals surface area contributed by atoms with Gasteiger partial charge in [-0.15, -0.1) is 0 Å². The first-order valence-corrected chi connectivity index (χ1v) is 5.34. The second-order valence-electron chi connectivity index (χ2n) is 4.18. The highest BCUT2D eigenvalue weighted by molar-refractivity contribution is 5.40. The molecule has 82 valence electrons. The van der Waals surface area contributed by atoms with Crippen LogP contribution in [0.4, 0.5) is 0 Å². The third kappa shape index (κ3) is 1.98. The zero-order valence-electron chi connectivity index (χ0n) is 9.36. The number of rotatable bonds is 3. The predicted molar refractivity (Wildman–Crippen MR) is 61.1 cm³/mol. The quantitative estimate of drug-likeness (QED) is 0.807. The Morgan fingerprint density at radius 1 is 1.47 bits per heavy atom. The van der Waals surface area contributed by atoms with Crippen molar-refractivity contribution in [3.8, 4) is 5.75 Å². The summed E-state index contributed by atoms with van der Waals surface area (Å²) in [5.74, 6) is 1.04. The van der Waals surface area contributed by atoms with Gasteiger partial charge >= 0.3 is 0 Å². The second-order valence-corrected chi connectivity index (χ2v) is 4.18. The van der Waals surface area contributed by atoms with Crippen LogP contribution in [0.3, 0.4) is 0 Å². The van der Waals surface area contributed by atoms with Crippen LogP contribution in [0.2, 0.25) is 0 Å². The maximum atomic E-state index is 5.78. The van der Waals surface area contributed by atoms with E-state index in [2.05, 4.69) is 37.2 Å². The van der Waals surface area contributed by atoms with Crippen molar-refractivity contribution in [3.63, 3.8) is 0 Å². The third-order valence-electron chi connectivity index (χ3n) is 2.94. The van der Waals surface area contributed by atoms with Crippen LogP contribution < -0.4 is 10.5 Å². The van der Waals surface area contributed by atoms with Gasteiger partial charge in [0.2, 0.25) is 0 Å². The van der Waals surface area contributed by atoms with Crippen LogP contribution in [0.15, 0.2) is 18.2 Å². The first-order chi connectivity index (χ1) is 7.22. The lowest BCUT2D eigenvalue weighted by Gasteiger charge is -2.23. The average Bonchev–Trinajstić information content (AvgIpc) is 2.65. The molecule has 1 aromatic carbocycles. The first-order valence-electron chi connectivity index (χ1n) is 5.34. The van der Waals surface area contributed by atoms with Crippen LogP contribution in [0, 0.1) is 0 Å². The van der Waals surface area contributed by atoms with E-state index >= 15 is 0 Å². The molecule has 2 rings (SSSR count). The summed E-state index contributed by atoms with van der Waals surface area (Å²) in [4.78, 5) is 2.15. The fourth-order valence-corrected chi connectivity index (χ4v) is 2.06. The summed E-state index contributed by atoms with van der Waals surface area (Å²) >= 11 is 0. The molecule has 3 nitrogen and oxygen atoms in total. The van der Waals surface area contributed by atoms with Crippen molar-refractivity contribution in [2.75, 3.05) is 27.2 Å². The summed E-state index contributed by atoms with van der Waals surface area (Å²) in [6.07, 6.45) is 1.02. The second kappa shape index (κ2) is 4.21. The Balaban J connectivity index is 2.28. The molecule has 1 aliphatic rings. The molecule has 0 radical (unpaired) electrons. The molecule has 0 aliphatic carbocycles. The minimum atomic E-state index is 0.302. The van der Waals surface area contributed by atoms with E-state index in [0.717, 1.165) is 18.8 Å². The Kier molecular flexibility index (Phi) is 2.93. The molecular formula is C12H18N2O. The molecule has 0 bridgehead atoms. The first kappa shape index (κ1) is 10.5. The molecule has 0 fully saturated rings. The van der Waals surface area contributed by atoms with Crippen LogP contribution in [0.1, 0.15) is 17.2 Å². The fourth-order valence-electron chi connectivity index (χ4n) is 2.06. The van der Waals surface area contributed by atoms with Crippen molar-refractivity contribution in [1.29, 1.82) is 0 Å². The van der Waals surface area contributed by atoms with Crippen LogP contribution in [-0.2, 0) is 6.42 Å². The van der Waals surface area contributed by atoms with E-state index in [1.165, 1.54) is 11.1 Å². The van der Waals surface area contributed by atoms with Gasteiger partial charge in [0.1, 0.15) is 5.75 Å². The van der Waals surface area contributed by atoms with E-state index in [-0.39, 0.29) is 0 Å². The minimum absolute atomic E-state index is 0.302. The lowest BCUT2D eigenvalue weighted by molar-refractivity contribution is 0.306. The lowest BCUT2D eigenvalue weighted by atomic mass is 10.0. The van der Waals surface area contributed by atoms with Crippen molar-refractivity contribution < 1.29 is 4.74 Å². The Hall–Kier alpha value is -1.06. The highest BCUT2D eigenvalue weighted by atomic mass is 16.5. The summed E-state index contributed by atoms with van der Waals surface area (Å²) in [7, 11) is 4.11. The van der Waals surface area contributed by atoms with Crippen LogP contribution >= 0.6 is 0 Å². The van der Waals surface area contributed by atoms with Gasteiger partial charge in [-0.1, -0.05) is 12.1 Å². The molecule has 1 atom stereocenters. The molecule has 1 heterocycles. The fraction of sp³-hybridized carbons (Fsp3) is 0.500. The van der Waals surface area contributed by atoms with Gasteiger partial charge in [-0.25, -0.2) is 0 Å². The molecule has 0 saturated heterocycles. The Labute approximate surface area is 90.8 Å². The average molecular weight is 206 g/mol. The molecule has 0 unspecified atom stereocenters. The molecule has 1 aliphatic heterocycles. The van der Waals surface area contributed by atoms with Crippen molar-refractivity contribution in [1.82, 2.24) is 4.90 Å². The molecule has 0 amide bonds. The summed E-state index contributed by atoms with van der Waals surface area (Å²) in [6.45, 7) is 1.46. The normalized spacial score (nSPS) is 16.3. The number of nitrogens with zero attached hydrogens (tertiary/aromatic N) is 1. The number of nitrogens with two attached hydrogens (primary N) is 1. The number of fused-ring (bicyclic) bond motifs is 1. The molecule has 0 saturated carbocycles. The predicted octanol–water partition coefficient (Wildman–Crippen LogP) is 1.18. The van der Waals surface area contributed by atoms with E-state index in [0.29, 0.717) is 12.6 Å². The van der Waals surface area contributed by atoms with E-state index < -0.39 is 0 Å². The Morgan fingerprint density at radius 3 is 2.93 bits per heavy atom. The summed E-state index contributed by atoms with van der Waals surface area (Å²) < 4.78 is 5.48. The highest BCUT2D eigenvalue weighted by Crippen LogP contribution is 2.29. The maximum Gasteiger partial charge on any atom is 0.122 e. The van der Waals surface area contributed by atoms with E-state index in [1.807, 2.05) is 0 Å². The molecule has 0 aromatic heterocycles. The van der Waals surface area contributed by atoms with Gasteiger partial charge in [0, 0.05) is 19.0 Å². The topological polar surface area (TPSA) is 38.5 Å². The van der Waals surface area contributed by atoms with E-state index in [9.17, 15) is 0 Å². The van der Waals surface area contributed by atoms with Gasteiger partial charge in [0.15, 0.2) is 0 Å². The Morgan fingerprint density at radius 2 is 2.27 bits per heavy atom. The molecule has 3 heteroatoms. The molecule has 0 spiro atoms. The highest BCUT2D eigenvalue weighted by Gasteiger charge is 2.17. The smallest absolute Gasteiger partial charge is 0.122 e. The summed E-state index contributed by atoms with van der Waals surface area (Å²) in [5.41, 5.74) is 8.37. The van der Waals surface area contributed by atoms with Gasteiger partial charge in [-0.3, -0.25) is 0 Å². The number of ether oxygens (including phenoxy) is 1. The molecule has 2 N–H and O–H groups in total. The van der Waals surface area contributed by atoms with Crippen molar-refractivity contribution >= 4 is 0 Å². The van der Waals surface area contributed by atoms with Gasteiger partial charge < -0.3 is 15.4 Å². The number of benzene rings is 1. The van der Waals surface area contributed by atoms with Crippen LogP contribution in [0.5, 0.6) is 5.75 Å². The van der Waals surface area contributed by atoms with Crippen molar-refractivity contribution in [2.24, 2.45) is 5.73 Å². The summed E-state index contributed by atoms with van der Waals surface area (Å²) in [5, 5.41) is 0.